The van der Waals surface area contributed by atoms with Gasteiger partial charge in [-0.15, -0.1) is 10.2 Å². The lowest BCUT2D eigenvalue weighted by atomic mass is 10.1. The molecular weight excluding hydrogens is 390 g/mol. The van der Waals surface area contributed by atoms with Gasteiger partial charge in [0.2, 0.25) is 11.8 Å². The number of nitrogens with zero attached hydrogens (tertiary/aromatic N) is 4. The average Bonchev–Trinajstić information content (AvgIpc) is 3.19. The maximum atomic E-state index is 14.9. The fraction of sp³-hybridized carbons (Fsp3) is 0.0909. The fourth-order valence-corrected chi connectivity index (χ4v) is 2.97. The minimum atomic E-state index is -0.549. The first-order chi connectivity index (χ1) is 14.5. The molecule has 0 fully saturated rings. The molecule has 0 radical (unpaired) electrons. The van der Waals surface area contributed by atoms with Crippen LogP contribution in [0.5, 0.6) is 0 Å². The Morgan fingerprint density at radius 2 is 1.83 bits per heavy atom. The van der Waals surface area contributed by atoms with Gasteiger partial charge < -0.3 is 9.32 Å². The maximum absolute atomic E-state index is 14.9. The van der Waals surface area contributed by atoms with Crippen molar-refractivity contribution in [3.8, 4) is 11.5 Å². The Morgan fingerprint density at radius 1 is 1.03 bits per heavy atom. The molecule has 150 valence electrons. The van der Waals surface area contributed by atoms with Crippen LogP contribution in [0.4, 0.5) is 14.5 Å². The van der Waals surface area contributed by atoms with Crippen LogP contribution < -0.4 is 4.90 Å². The Balaban J connectivity index is 1.69. The Labute approximate surface area is 170 Å². The summed E-state index contributed by atoms with van der Waals surface area (Å²) in [7, 11) is 0. The van der Waals surface area contributed by atoms with Crippen molar-refractivity contribution in [2.45, 2.75) is 13.5 Å². The summed E-state index contributed by atoms with van der Waals surface area (Å²) in [6, 6.07) is 13.1. The minimum Gasteiger partial charge on any atom is -0.421 e. The topological polar surface area (TPSA) is 72.1 Å². The van der Waals surface area contributed by atoms with E-state index in [1.54, 1.807) is 31.2 Å². The second-order valence-electron chi connectivity index (χ2n) is 6.54. The molecule has 0 aliphatic rings. The molecular formula is C22H16F2N4O2. The van der Waals surface area contributed by atoms with Crippen molar-refractivity contribution in [3.05, 3.63) is 95.6 Å². The molecule has 4 rings (SSSR count). The van der Waals surface area contributed by atoms with E-state index >= 15 is 0 Å². The van der Waals surface area contributed by atoms with E-state index in [-0.39, 0.29) is 18.0 Å². The van der Waals surface area contributed by atoms with E-state index < -0.39 is 17.5 Å². The SMILES string of the molecule is Cc1nnc(-c2ccc(CN(C(=O)c3ccncc3)c3cccc(F)c3)c(F)c2)o1. The molecule has 0 saturated heterocycles. The normalized spacial score (nSPS) is 10.8. The predicted octanol–water partition coefficient (Wildman–Crippen LogP) is 4.57. The standard InChI is InChI=1S/C22H16F2N4O2/c1-14-26-27-21(30-14)16-5-6-17(20(24)11-16)13-28(19-4-2-3-18(23)12-19)22(29)15-7-9-25-10-8-15/h2-12H,13H2,1H3. The van der Waals surface area contributed by atoms with Crippen LogP contribution in [0.2, 0.25) is 0 Å². The number of carbonyl (C=O) groups is 1. The summed E-state index contributed by atoms with van der Waals surface area (Å²) in [5, 5.41) is 7.61. The van der Waals surface area contributed by atoms with Gasteiger partial charge in [0.25, 0.3) is 5.91 Å². The highest BCUT2D eigenvalue weighted by molar-refractivity contribution is 6.05. The summed E-state index contributed by atoms with van der Waals surface area (Å²) < 4.78 is 34.0. The molecule has 0 bridgehead atoms. The monoisotopic (exact) mass is 406 g/mol. The molecule has 0 saturated carbocycles. The smallest absolute Gasteiger partial charge is 0.258 e. The summed E-state index contributed by atoms with van der Waals surface area (Å²) in [6.45, 7) is 1.54. The Morgan fingerprint density at radius 3 is 2.50 bits per heavy atom. The molecule has 0 N–H and O–H groups in total. The summed E-state index contributed by atoms with van der Waals surface area (Å²) in [5.74, 6) is -0.878. The van der Waals surface area contributed by atoms with Gasteiger partial charge in [0.05, 0.1) is 6.54 Å². The predicted molar refractivity (Wildman–Crippen MR) is 106 cm³/mol. The molecule has 2 aromatic carbocycles. The molecule has 0 aliphatic heterocycles. The number of halogens is 2. The molecule has 8 heteroatoms. The Hall–Kier alpha value is -3.94. The highest BCUT2D eigenvalue weighted by atomic mass is 19.1. The molecule has 2 aromatic heterocycles. The second kappa shape index (κ2) is 8.20. The number of rotatable bonds is 5. The molecule has 6 nitrogen and oxygen atoms in total. The molecule has 0 aliphatic carbocycles. The van der Waals surface area contributed by atoms with Crippen molar-refractivity contribution in [2.24, 2.45) is 0 Å². The average molecular weight is 406 g/mol. The number of benzene rings is 2. The maximum Gasteiger partial charge on any atom is 0.258 e. The molecule has 0 unspecified atom stereocenters. The number of hydrogen-bond acceptors (Lipinski definition) is 5. The lowest BCUT2D eigenvalue weighted by Crippen LogP contribution is -2.31. The third-order valence-electron chi connectivity index (χ3n) is 4.45. The van der Waals surface area contributed by atoms with E-state index in [1.165, 1.54) is 47.6 Å². The summed E-state index contributed by atoms with van der Waals surface area (Å²) >= 11 is 0. The van der Waals surface area contributed by atoms with Gasteiger partial charge >= 0.3 is 0 Å². The van der Waals surface area contributed by atoms with Crippen molar-refractivity contribution < 1.29 is 18.0 Å². The van der Waals surface area contributed by atoms with Crippen LogP contribution in [-0.4, -0.2) is 21.1 Å². The number of aryl methyl sites for hydroxylation is 1. The van der Waals surface area contributed by atoms with Crippen molar-refractivity contribution in [1.29, 1.82) is 0 Å². The molecule has 0 spiro atoms. The van der Waals surface area contributed by atoms with E-state index in [1.807, 2.05) is 0 Å². The molecule has 30 heavy (non-hydrogen) atoms. The van der Waals surface area contributed by atoms with Gasteiger partial charge in [-0.05, 0) is 42.5 Å². The van der Waals surface area contributed by atoms with Gasteiger partial charge in [-0.25, -0.2) is 8.78 Å². The van der Waals surface area contributed by atoms with Gasteiger partial charge in [0.15, 0.2) is 0 Å². The first-order valence-corrected chi connectivity index (χ1v) is 9.07. The van der Waals surface area contributed by atoms with Gasteiger partial charge in [-0.1, -0.05) is 12.1 Å². The van der Waals surface area contributed by atoms with E-state index in [4.69, 9.17) is 4.42 Å². The number of anilines is 1. The van der Waals surface area contributed by atoms with Crippen molar-refractivity contribution in [3.63, 3.8) is 0 Å². The third kappa shape index (κ3) is 4.07. The van der Waals surface area contributed by atoms with E-state index in [0.717, 1.165) is 0 Å². The van der Waals surface area contributed by atoms with Gasteiger partial charge in [0.1, 0.15) is 11.6 Å². The fourth-order valence-electron chi connectivity index (χ4n) is 2.97. The van der Waals surface area contributed by atoms with Crippen molar-refractivity contribution >= 4 is 11.6 Å². The number of amides is 1. The Bertz CT molecular complexity index is 1190. The van der Waals surface area contributed by atoms with Gasteiger partial charge in [0, 0.05) is 41.7 Å². The number of pyridine rings is 1. The van der Waals surface area contributed by atoms with Crippen LogP contribution in [0.15, 0.2) is 71.4 Å². The zero-order valence-corrected chi connectivity index (χ0v) is 15.9. The highest BCUT2D eigenvalue weighted by Gasteiger charge is 2.21. The zero-order chi connectivity index (χ0) is 21.1. The minimum absolute atomic E-state index is 0.0976. The van der Waals surface area contributed by atoms with Crippen LogP contribution in [0, 0.1) is 18.6 Å². The summed E-state index contributed by atoms with van der Waals surface area (Å²) in [5.41, 5.74) is 1.34. The second-order valence-corrected chi connectivity index (χ2v) is 6.54. The zero-order valence-electron chi connectivity index (χ0n) is 15.9. The molecule has 0 atom stereocenters. The largest absolute Gasteiger partial charge is 0.421 e. The first-order valence-electron chi connectivity index (χ1n) is 9.07. The highest BCUT2D eigenvalue weighted by Crippen LogP contribution is 2.25. The van der Waals surface area contributed by atoms with Crippen LogP contribution >= 0.6 is 0 Å². The van der Waals surface area contributed by atoms with Crippen LogP contribution in [-0.2, 0) is 6.54 Å². The third-order valence-corrected chi connectivity index (χ3v) is 4.45. The quantitative estimate of drug-likeness (QED) is 0.486. The van der Waals surface area contributed by atoms with E-state index in [9.17, 15) is 13.6 Å². The van der Waals surface area contributed by atoms with E-state index in [0.29, 0.717) is 22.7 Å². The van der Waals surface area contributed by atoms with Crippen LogP contribution in [0.3, 0.4) is 0 Å². The molecule has 1 amide bonds. The molecule has 4 aromatic rings. The summed E-state index contributed by atoms with van der Waals surface area (Å²) in [4.78, 5) is 18.3. The first kappa shape index (κ1) is 19.4. The number of aromatic nitrogens is 3. The molecule has 2 heterocycles. The van der Waals surface area contributed by atoms with Crippen LogP contribution in [0.1, 0.15) is 21.8 Å². The van der Waals surface area contributed by atoms with Crippen molar-refractivity contribution in [2.75, 3.05) is 4.90 Å². The summed E-state index contributed by atoms with van der Waals surface area (Å²) in [6.07, 6.45) is 2.97. The number of carbonyl (C=O) groups excluding carboxylic acids is 1. The van der Waals surface area contributed by atoms with Gasteiger partial charge in [-0.2, -0.15) is 0 Å². The van der Waals surface area contributed by atoms with Crippen LogP contribution in [0.25, 0.3) is 11.5 Å². The van der Waals surface area contributed by atoms with Gasteiger partial charge in [-0.3, -0.25) is 9.78 Å². The van der Waals surface area contributed by atoms with E-state index in [2.05, 4.69) is 15.2 Å². The Kier molecular flexibility index (Phi) is 5.30. The lowest BCUT2D eigenvalue weighted by Gasteiger charge is -2.23. The number of hydrogen-bond donors (Lipinski definition) is 0. The lowest BCUT2D eigenvalue weighted by molar-refractivity contribution is 0.0985. The van der Waals surface area contributed by atoms with Crippen molar-refractivity contribution in [1.82, 2.24) is 15.2 Å².